The van der Waals surface area contributed by atoms with Crippen LogP contribution >= 0.6 is 0 Å². The quantitative estimate of drug-likeness (QED) is 0.740. The number of pyridine rings is 1. The van der Waals surface area contributed by atoms with Crippen LogP contribution in [0.15, 0.2) is 18.3 Å². The van der Waals surface area contributed by atoms with Gasteiger partial charge in [0.25, 0.3) is 0 Å². The SMILES string of the molecule is CC(C)(C)OC(=O)NC(CCCc1ccnc(N)c1)C(=O)O. The molecule has 1 heterocycles. The number of anilines is 1. The molecule has 1 unspecified atom stereocenters. The molecule has 122 valence electrons. The highest BCUT2D eigenvalue weighted by molar-refractivity contribution is 5.79. The molecular formula is C15H23N3O4. The van der Waals surface area contributed by atoms with Crippen LogP contribution in [-0.4, -0.2) is 33.8 Å². The number of nitrogens with one attached hydrogen (secondary N) is 1. The van der Waals surface area contributed by atoms with Gasteiger partial charge in [0.05, 0.1) is 0 Å². The Bertz CT molecular complexity index is 526. The number of carbonyl (C=O) groups is 2. The fourth-order valence-corrected chi connectivity index (χ4v) is 1.87. The van der Waals surface area contributed by atoms with Crippen molar-refractivity contribution < 1.29 is 19.4 Å². The zero-order valence-corrected chi connectivity index (χ0v) is 13.1. The lowest BCUT2D eigenvalue weighted by Crippen LogP contribution is -2.43. The van der Waals surface area contributed by atoms with Gasteiger partial charge in [-0.25, -0.2) is 14.6 Å². The Morgan fingerprint density at radius 3 is 2.68 bits per heavy atom. The van der Waals surface area contributed by atoms with Crippen LogP contribution in [0.25, 0.3) is 0 Å². The molecule has 0 aliphatic heterocycles. The Kier molecular flexibility index (Phi) is 6.15. The summed E-state index contributed by atoms with van der Waals surface area (Å²) >= 11 is 0. The molecule has 22 heavy (non-hydrogen) atoms. The van der Waals surface area contributed by atoms with E-state index in [9.17, 15) is 9.59 Å². The number of aromatic nitrogens is 1. The maximum absolute atomic E-state index is 11.6. The lowest BCUT2D eigenvalue weighted by molar-refractivity contribution is -0.139. The van der Waals surface area contributed by atoms with E-state index in [0.29, 0.717) is 25.1 Å². The zero-order valence-electron chi connectivity index (χ0n) is 13.1. The first-order valence-electron chi connectivity index (χ1n) is 7.10. The summed E-state index contributed by atoms with van der Waals surface area (Å²) in [6, 6.07) is 2.60. The molecule has 7 nitrogen and oxygen atoms in total. The van der Waals surface area contributed by atoms with Gasteiger partial charge in [-0.2, -0.15) is 0 Å². The second kappa shape index (κ2) is 7.63. The van der Waals surface area contributed by atoms with Crippen LogP contribution in [-0.2, 0) is 16.0 Å². The van der Waals surface area contributed by atoms with Crippen molar-refractivity contribution in [2.24, 2.45) is 0 Å². The highest BCUT2D eigenvalue weighted by Crippen LogP contribution is 2.10. The van der Waals surface area contributed by atoms with Gasteiger partial charge in [-0.3, -0.25) is 0 Å². The number of amides is 1. The highest BCUT2D eigenvalue weighted by atomic mass is 16.6. The van der Waals surface area contributed by atoms with Gasteiger partial charge in [0.15, 0.2) is 0 Å². The average molecular weight is 309 g/mol. The number of hydrogen-bond donors (Lipinski definition) is 3. The molecule has 1 aromatic rings. The van der Waals surface area contributed by atoms with Gasteiger partial charge in [-0.15, -0.1) is 0 Å². The van der Waals surface area contributed by atoms with Crippen LogP contribution in [0.1, 0.15) is 39.2 Å². The Morgan fingerprint density at radius 2 is 2.14 bits per heavy atom. The second-order valence-corrected chi connectivity index (χ2v) is 6.02. The van der Waals surface area contributed by atoms with E-state index in [1.165, 1.54) is 0 Å². The average Bonchev–Trinajstić information content (AvgIpc) is 2.35. The first-order chi connectivity index (χ1) is 10.2. The van der Waals surface area contributed by atoms with Crippen molar-refractivity contribution in [3.8, 4) is 0 Å². The number of aryl methyl sites for hydroxylation is 1. The maximum Gasteiger partial charge on any atom is 0.408 e. The summed E-state index contributed by atoms with van der Waals surface area (Å²) in [6.45, 7) is 5.16. The topological polar surface area (TPSA) is 115 Å². The van der Waals surface area contributed by atoms with E-state index in [0.717, 1.165) is 5.56 Å². The van der Waals surface area contributed by atoms with Crippen molar-refractivity contribution in [3.63, 3.8) is 0 Å². The van der Waals surface area contributed by atoms with E-state index in [-0.39, 0.29) is 0 Å². The van der Waals surface area contributed by atoms with E-state index >= 15 is 0 Å². The molecule has 1 atom stereocenters. The zero-order chi connectivity index (χ0) is 16.8. The molecule has 0 fully saturated rings. The van der Waals surface area contributed by atoms with Crippen molar-refractivity contribution >= 4 is 17.9 Å². The third-order valence-corrected chi connectivity index (χ3v) is 2.79. The van der Waals surface area contributed by atoms with Crippen molar-refractivity contribution in [1.82, 2.24) is 10.3 Å². The molecule has 0 aliphatic rings. The summed E-state index contributed by atoms with van der Waals surface area (Å²) in [7, 11) is 0. The van der Waals surface area contributed by atoms with Gasteiger partial charge in [0, 0.05) is 6.20 Å². The maximum atomic E-state index is 11.6. The number of nitrogen functional groups attached to an aromatic ring is 1. The number of nitrogens with two attached hydrogens (primary N) is 1. The van der Waals surface area contributed by atoms with Crippen LogP contribution in [0, 0.1) is 0 Å². The first-order valence-corrected chi connectivity index (χ1v) is 7.10. The first kappa shape index (κ1) is 17.7. The molecule has 0 saturated heterocycles. The van der Waals surface area contributed by atoms with E-state index in [1.54, 1.807) is 33.0 Å². The molecule has 7 heteroatoms. The van der Waals surface area contributed by atoms with Gasteiger partial charge in [-0.05, 0) is 57.7 Å². The predicted molar refractivity (Wildman–Crippen MR) is 82.4 cm³/mol. The summed E-state index contributed by atoms with van der Waals surface area (Å²) in [4.78, 5) is 26.7. The van der Waals surface area contributed by atoms with E-state index in [4.69, 9.17) is 15.6 Å². The standard InChI is InChI=1S/C15H23N3O4/c1-15(2,3)22-14(21)18-11(13(19)20)6-4-5-10-7-8-17-12(16)9-10/h7-9,11H,4-6H2,1-3H3,(H2,16,17)(H,18,21)(H,19,20). The van der Waals surface area contributed by atoms with Crippen LogP contribution in [0.4, 0.5) is 10.6 Å². The number of rotatable bonds is 6. The number of hydrogen-bond acceptors (Lipinski definition) is 5. The van der Waals surface area contributed by atoms with Crippen molar-refractivity contribution in [2.75, 3.05) is 5.73 Å². The normalized spacial score (nSPS) is 12.5. The van der Waals surface area contributed by atoms with Gasteiger partial charge in [-0.1, -0.05) is 0 Å². The van der Waals surface area contributed by atoms with E-state index < -0.39 is 23.7 Å². The van der Waals surface area contributed by atoms with E-state index in [2.05, 4.69) is 10.3 Å². The number of carboxylic acid groups (broad SMARTS) is 1. The monoisotopic (exact) mass is 309 g/mol. The molecule has 0 aromatic carbocycles. The third-order valence-electron chi connectivity index (χ3n) is 2.79. The molecule has 0 bridgehead atoms. The van der Waals surface area contributed by atoms with Crippen LogP contribution in [0.5, 0.6) is 0 Å². The molecule has 0 aliphatic carbocycles. The van der Waals surface area contributed by atoms with Crippen LogP contribution in [0.3, 0.4) is 0 Å². The van der Waals surface area contributed by atoms with Crippen molar-refractivity contribution in [1.29, 1.82) is 0 Å². The number of ether oxygens (including phenoxy) is 1. The molecular weight excluding hydrogens is 286 g/mol. The van der Waals surface area contributed by atoms with E-state index in [1.807, 2.05) is 6.07 Å². The number of carbonyl (C=O) groups excluding carboxylic acids is 1. The Labute approximate surface area is 129 Å². The Hall–Kier alpha value is -2.31. The van der Waals surface area contributed by atoms with Crippen LogP contribution < -0.4 is 11.1 Å². The number of carboxylic acids is 1. The lowest BCUT2D eigenvalue weighted by Gasteiger charge is -2.22. The molecule has 4 N–H and O–H groups in total. The summed E-state index contributed by atoms with van der Waals surface area (Å²) in [6.07, 6.45) is 2.44. The summed E-state index contributed by atoms with van der Waals surface area (Å²) < 4.78 is 5.06. The van der Waals surface area contributed by atoms with Crippen molar-refractivity contribution in [3.05, 3.63) is 23.9 Å². The van der Waals surface area contributed by atoms with Gasteiger partial charge in [0.1, 0.15) is 17.5 Å². The minimum Gasteiger partial charge on any atom is -0.480 e. The van der Waals surface area contributed by atoms with Gasteiger partial charge >= 0.3 is 12.1 Å². The fourth-order valence-electron chi connectivity index (χ4n) is 1.87. The molecule has 1 amide bonds. The van der Waals surface area contributed by atoms with Gasteiger partial charge in [0.2, 0.25) is 0 Å². The predicted octanol–water partition coefficient (Wildman–Crippen LogP) is 1.96. The van der Waals surface area contributed by atoms with Crippen molar-refractivity contribution in [2.45, 2.75) is 51.7 Å². The molecule has 1 rings (SSSR count). The van der Waals surface area contributed by atoms with Gasteiger partial charge < -0.3 is 20.9 Å². The highest BCUT2D eigenvalue weighted by Gasteiger charge is 2.23. The number of nitrogens with zero attached hydrogens (tertiary/aromatic N) is 1. The molecule has 0 radical (unpaired) electrons. The minimum atomic E-state index is -1.08. The van der Waals surface area contributed by atoms with Crippen LogP contribution in [0.2, 0.25) is 0 Å². The summed E-state index contributed by atoms with van der Waals surface area (Å²) in [5.74, 6) is -0.653. The second-order valence-electron chi connectivity index (χ2n) is 6.02. The number of aliphatic carboxylic acids is 1. The smallest absolute Gasteiger partial charge is 0.408 e. The third kappa shape index (κ3) is 6.92. The minimum absolute atomic E-state index is 0.302. The fraction of sp³-hybridized carbons (Fsp3) is 0.533. The summed E-state index contributed by atoms with van der Waals surface area (Å²) in [5.41, 5.74) is 5.90. The Morgan fingerprint density at radius 1 is 1.45 bits per heavy atom. The lowest BCUT2D eigenvalue weighted by atomic mass is 10.1. The Balaban J connectivity index is 2.48. The molecule has 0 spiro atoms. The molecule has 0 saturated carbocycles. The molecule has 1 aromatic heterocycles. The number of alkyl carbamates (subject to hydrolysis) is 1. The summed E-state index contributed by atoms with van der Waals surface area (Å²) in [5, 5.41) is 11.5. The largest absolute Gasteiger partial charge is 0.480 e.